The van der Waals surface area contributed by atoms with Gasteiger partial charge in [-0.3, -0.25) is 9.69 Å². The van der Waals surface area contributed by atoms with Crippen molar-refractivity contribution in [2.45, 2.75) is 34.2 Å². The van der Waals surface area contributed by atoms with E-state index in [-0.39, 0.29) is 5.91 Å². The summed E-state index contributed by atoms with van der Waals surface area (Å²) in [5.41, 5.74) is 5.07. The van der Waals surface area contributed by atoms with Crippen molar-refractivity contribution >= 4 is 11.6 Å². The van der Waals surface area contributed by atoms with Gasteiger partial charge >= 0.3 is 0 Å². The zero-order chi connectivity index (χ0) is 16.8. The minimum absolute atomic E-state index is 0.0636. The van der Waals surface area contributed by atoms with Gasteiger partial charge in [0, 0.05) is 17.8 Å². The molecule has 1 amide bonds. The van der Waals surface area contributed by atoms with Crippen LogP contribution in [0.25, 0.3) is 0 Å². The second kappa shape index (κ2) is 7.93. The third-order valence-electron chi connectivity index (χ3n) is 4.15. The fourth-order valence-corrected chi connectivity index (χ4v) is 2.62. The predicted octanol–water partition coefficient (Wildman–Crippen LogP) is 4.40. The first-order valence-corrected chi connectivity index (χ1v) is 8.23. The van der Waals surface area contributed by atoms with Gasteiger partial charge < -0.3 is 5.32 Å². The highest BCUT2D eigenvalue weighted by atomic mass is 16.1. The number of benzene rings is 2. The molecule has 0 saturated heterocycles. The van der Waals surface area contributed by atoms with Crippen LogP contribution in [-0.2, 0) is 6.54 Å². The van der Waals surface area contributed by atoms with E-state index < -0.39 is 0 Å². The Bertz CT molecular complexity index is 658. The molecular weight excluding hydrogens is 284 g/mol. The quantitative estimate of drug-likeness (QED) is 0.858. The van der Waals surface area contributed by atoms with Crippen molar-refractivity contribution in [1.29, 1.82) is 0 Å². The van der Waals surface area contributed by atoms with Crippen molar-refractivity contribution in [3.05, 3.63) is 64.7 Å². The molecule has 0 bridgehead atoms. The van der Waals surface area contributed by atoms with Crippen LogP contribution in [0.15, 0.2) is 42.5 Å². The molecule has 3 heteroatoms. The second-order valence-electron chi connectivity index (χ2n) is 5.93. The first kappa shape index (κ1) is 17.2. The summed E-state index contributed by atoms with van der Waals surface area (Å²) in [6, 6.07) is 13.9. The van der Waals surface area contributed by atoms with Crippen LogP contribution in [0.1, 0.15) is 40.9 Å². The molecule has 3 nitrogen and oxygen atoms in total. The molecule has 0 aliphatic rings. The minimum Gasteiger partial charge on any atom is -0.322 e. The van der Waals surface area contributed by atoms with Crippen LogP contribution in [-0.4, -0.2) is 23.9 Å². The Hall–Kier alpha value is -2.13. The summed E-state index contributed by atoms with van der Waals surface area (Å²) >= 11 is 0. The van der Waals surface area contributed by atoms with Gasteiger partial charge in [0.25, 0.3) is 5.91 Å². The van der Waals surface area contributed by atoms with E-state index in [9.17, 15) is 4.79 Å². The molecule has 0 atom stereocenters. The van der Waals surface area contributed by atoms with E-state index in [1.165, 1.54) is 11.1 Å². The number of carbonyl (C=O) groups excluding carboxylic acids is 1. The van der Waals surface area contributed by atoms with E-state index in [2.05, 4.69) is 30.1 Å². The Morgan fingerprint density at radius 2 is 1.65 bits per heavy atom. The largest absolute Gasteiger partial charge is 0.322 e. The van der Waals surface area contributed by atoms with Crippen LogP contribution < -0.4 is 5.32 Å². The van der Waals surface area contributed by atoms with Crippen LogP contribution in [0.4, 0.5) is 5.69 Å². The SMILES string of the molecule is CCN(CC)Cc1ccc(C(=O)Nc2ccc(C)cc2C)cc1. The smallest absolute Gasteiger partial charge is 0.255 e. The van der Waals surface area contributed by atoms with Crippen molar-refractivity contribution < 1.29 is 4.79 Å². The lowest BCUT2D eigenvalue weighted by Crippen LogP contribution is -2.22. The molecule has 2 aromatic carbocycles. The van der Waals surface area contributed by atoms with Crippen molar-refractivity contribution in [2.24, 2.45) is 0 Å². The van der Waals surface area contributed by atoms with E-state index in [1.807, 2.05) is 50.2 Å². The van der Waals surface area contributed by atoms with Crippen molar-refractivity contribution in [2.75, 3.05) is 18.4 Å². The lowest BCUT2D eigenvalue weighted by Gasteiger charge is -2.18. The Morgan fingerprint density at radius 3 is 2.22 bits per heavy atom. The summed E-state index contributed by atoms with van der Waals surface area (Å²) in [5.74, 6) is -0.0636. The molecule has 0 saturated carbocycles. The number of hydrogen-bond acceptors (Lipinski definition) is 2. The third-order valence-corrected chi connectivity index (χ3v) is 4.15. The Kier molecular flexibility index (Phi) is 5.94. The highest BCUT2D eigenvalue weighted by molar-refractivity contribution is 6.04. The number of carbonyl (C=O) groups is 1. The molecule has 1 N–H and O–H groups in total. The van der Waals surface area contributed by atoms with E-state index in [0.29, 0.717) is 5.56 Å². The summed E-state index contributed by atoms with van der Waals surface area (Å²) in [6.45, 7) is 11.4. The zero-order valence-corrected chi connectivity index (χ0v) is 14.5. The Labute approximate surface area is 139 Å². The van der Waals surface area contributed by atoms with Crippen molar-refractivity contribution in [3.8, 4) is 0 Å². The van der Waals surface area contributed by atoms with Crippen LogP contribution in [0.2, 0.25) is 0 Å². The zero-order valence-electron chi connectivity index (χ0n) is 14.5. The number of hydrogen-bond donors (Lipinski definition) is 1. The molecule has 23 heavy (non-hydrogen) atoms. The first-order chi connectivity index (χ1) is 11.0. The van der Waals surface area contributed by atoms with E-state index in [0.717, 1.165) is 30.9 Å². The van der Waals surface area contributed by atoms with Gasteiger partial charge in [0.1, 0.15) is 0 Å². The standard InChI is InChI=1S/C20H26N2O/c1-5-22(6-2)14-17-8-10-18(11-9-17)20(23)21-19-12-7-15(3)13-16(19)4/h7-13H,5-6,14H2,1-4H3,(H,21,23). The van der Waals surface area contributed by atoms with Gasteiger partial charge in [-0.25, -0.2) is 0 Å². The van der Waals surface area contributed by atoms with Gasteiger partial charge in [0.15, 0.2) is 0 Å². The minimum atomic E-state index is -0.0636. The van der Waals surface area contributed by atoms with Gasteiger partial charge in [-0.2, -0.15) is 0 Å². The Morgan fingerprint density at radius 1 is 1.00 bits per heavy atom. The molecule has 0 aliphatic carbocycles. The lowest BCUT2D eigenvalue weighted by atomic mass is 10.1. The van der Waals surface area contributed by atoms with Gasteiger partial charge in [-0.1, -0.05) is 43.7 Å². The highest BCUT2D eigenvalue weighted by Crippen LogP contribution is 2.17. The molecule has 0 aromatic heterocycles. The molecule has 0 radical (unpaired) electrons. The van der Waals surface area contributed by atoms with E-state index in [1.54, 1.807) is 0 Å². The number of nitrogens with zero attached hydrogens (tertiary/aromatic N) is 1. The van der Waals surface area contributed by atoms with Crippen molar-refractivity contribution in [1.82, 2.24) is 4.90 Å². The lowest BCUT2D eigenvalue weighted by molar-refractivity contribution is 0.102. The average molecular weight is 310 g/mol. The maximum Gasteiger partial charge on any atom is 0.255 e. The number of rotatable bonds is 6. The number of amides is 1. The Balaban J connectivity index is 2.05. The fraction of sp³-hybridized carbons (Fsp3) is 0.350. The molecule has 0 aliphatic heterocycles. The maximum atomic E-state index is 12.4. The van der Waals surface area contributed by atoms with E-state index in [4.69, 9.17) is 0 Å². The highest BCUT2D eigenvalue weighted by Gasteiger charge is 2.08. The topological polar surface area (TPSA) is 32.3 Å². The van der Waals surface area contributed by atoms with Crippen LogP contribution >= 0.6 is 0 Å². The molecule has 0 unspecified atom stereocenters. The summed E-state index contributed by atoms with van der Waals surface area (Å²) in [7, 11) is 0. The fourth-order valence-electron chi connectivity index (χ4n) is 2.62. The third kappa shape index (κ3) is 4.67. The van der Waals surface area contributed by atoms with Crippen LogP contribution in [0, 0.1) is 13.8 Å². The maximum absolute atomic E-state index is 12.4. The predicted molar refractivity (Wildman–Crippen MR) is 96.9 cm³/mol. The summed E-state index contributed by atoms with van der Waals surface area (Å²) < 4.78 is 0. The first-order valence-electron chi connectivity index (χ1n) is 8.23. The number of nitrogens with one attached hydrogen (secondary N) is 1. The number of anilines is 1. The van der Waals surface area contributed by atoms with Gasteiger partial charge in [0.2, 0.25) is 0 Å². The van der Waals surface area contributed by atoms with Gasteiger partial charge in [-0.05, 0) is 56.3 Å². The van der Waals surface area contributed by atoms with E-state index >= 15 is 0 Å². The van der Waals surface area contributed by atoms with Crippen LogP contribution in [0.5, 0.6) is 0 Å². The second-order valence-corrected chi connectivity index (χ2v) is 5.93. The van der Waals surface area contributed by atoms with Gasteiger partial charge in [0.05, 0.1) is 0 Å². The summed E-state index contributed by atoms with van der Waals surface area (Å²) in [4.78, 5) is 14.7. The molecule has 0 heterocycles. The van der Waals surface area contributed by atoms with Crippen LogP contribution in [0.3, 0.4) is 0 Å². The molecule has 0 spiro atoms. The van der Waals surface area contributed by atoms with Crippen molar-refractivity contribution in [3.63, 3.8) is 0 Å². The number of aryl methyl sites for hydroxylation is 2. The summed E-state index contributed by atoms with van der Waals surface area (Å²) in [6.07, 6.45) is 0. The average Bonchev–Trinajstić information content (AvgIpc) is 2.55. The molecule has 0 fully saturated rings. The normalized spacial score (nSPS) is 10.8. The molecule has 2 aromatic rings. The van der Waals surface area contributed by atoms with Gasteiger partial charge in [-0.15, -0.1) is 0 Å². The monoisotopic (exact) mass is 310 g/mol. The molecule has 2 rings (SSSR count). The summed E-state index contributed by atoms with van der Waals surface area (Å²) in [5, 5.41) is 2.99. The molecule has 122 valence electrons. The molecular formula is C20H26N2O.